The third-order valence-electron chi connectivity index (χ3n) is 4.40. The molecule has 8 heteroatoms. The van der Waals surface area contributed by atoms with Crippen molar-refractivity contribution < 1.29 is 23.5 Å². The first-order valence-corrected chi connectivity index (χ1v) is 9.19. The van der Waals surface area contributed by atoms with Crippen LogP contribution in [0.5, 0.6) is 0 Å². The summed E-state index contributed by atoms with van der Waals surface area (Å²) in [6.07, 6.45) is 3.29. The van der Waals surface area contributed by atoms with Crippen molar-refractivity contribution in [1.82, 2.24) is 4.90 Å². The average molecular weight is 417 g/mol. The van der Waals surface area contributed by atoms with E-state index in [0.717, 1.165) is 17.2 Å². The normalized spacial score (nSPS) is 14.9. The predicted octanol–water partition coefficient (Wildman–Crippen LogP) is 3.93. The maximum atomic E-state index is 13.7. The zero-order valence-electron chi connectivity index (χ0n) is 15.5. The summed E-state index contributed by atoms with van der Waals surface area (Å²) in [6, 6.07) is 10.6. The van der Waals surface area contributed by atoms with Gasteiger partial charge in [-0.3, -0.25) is 14.4 Å². The third kappa shape index (κ3) is 5.00. The summed E-state index contributed by atoms with van der Waals surface area (Å²) in [7, 11) is 0. The van der Waals surface area contributed by atoms with Crippen LogP contribution in [0.1, 0.15) is 30.5 Å². The smallest absolute Gasteiger partial charge is 0.308 e. The van der Waals surface area contributed by atoms with Gasteiger partial charge < -0.3 is 15.0 Å². The molecule has 1 atom stereocenters. The topological polar surface area (TPSA) is 75.7 Å². The molecule has 1 aliphatic heterocycles. The number of esters is 1. The highest BCUT2D eigenvalue weighted by atomic mass is 35.5. The third-order valence-corrected chi connectivity index (χ3v) is 4.63. The van der Waals surface area contributed by atoms with Gasteiger partial charge in [-0.05, 0) is 35.4 Å². The molecule has 0 spiro atoms. The van der Waals surface area contributed by atoms with Crippen molar-refractivity contribution in [2.45, 2.75) is 19.4 Å². The summed E-state index contributed by atoms with van der Waals surface area (Å²) in [4.78, 5) is 37.7. The van der Waals surface area contributed by atoms with E-state index < -0.39 is 30.3 Å². The number of ether oxygens (including phenoxy) is 1. The first kappa shape index (κ1) is 20.5. The maximum absolute atomic E-state index is 13.7. The zero-order chi connectivity index (χ0) is 21.0. The molecule has 2 aromatic carbocycles. The summed E-state index contributed by atoms with van der Waals surface area (Å²) >= 11 is 5.78. The molecule has 0 aliphatic carbocycles. The number of halogens is 2. The highest BCUT2D eigenvalue weighted by Crippen LogP contribution is 2.33. The molecule has 1 heterocycles. The van der Waals surface area contributed by atoms with E-state index in [2.05, 4.69) is 5.32 Å². The van der Waals surface area contributed by atoms with E-state index in [1.54, 1.807) is 12.3 Å². The summed E-state index contributed by atoms with van der Waals surface area (Å²) in [5, 5.41) is 2.56. The SMILES string of the molecule is CC(=O)N1C=Cc2ccccc2[C@@H]1CC(=O)OCC(=O)Nc1cc(Cl)ccc1F. The molecule has 0 saturated carbocycles. The van der Waals surface area contributed by atoms with E-state index in [1.165, 1.54) is 24.0 Å². The molecular weight excluding hydrogens is 399 g/mol. The molecule has 150 valence electrons. The molecule has 29 heavy (non-hydrogen) atoms. The Morgan fingerprint density at radius 1 is 1.21 bits per heavy atom. The Kier molecular flexibility index (Phi) is 6.29. The Labute approximate surface area is 171 Å². The minimum absolute atomic E-state index is 0.104. The van der Waals surface area contributed by atoms with Gasteiger partial charge in [0, 0.05) is 18.1 Å². The quantitative estimate of drug-likeness (QED) is 0.749. The fraction of sp³-hybridized carbons (Fsp3) is 0.190. The lowest BCUT2D eigenvalue weighted by molar-refractivity contribution is -0.149. The van der Waals surface area contributed by atoms with Gasteiger partial charge in [-0.25, -0.2) is 4.39 Å². The minimum Gasteiger partial charge on any atom is -0.455 e. The number of hydrogen-bond donors (Lipinski definition) is 1. The van der Waals surface area contributed by atoms with Crippen LogP contribution in [0.2, 0.25) is 5.02 Å². The van der Waals surface area contributed by atoms with E-state index in [4.69, 9.17) is 16.3 Å². The number of nitrogens with zero attached hydrogens (tertiary/aromatic N) is 1. The average Bonchev–Trinajstić information content (AvgIpc) is 2.69. The van der Waals surface area contributed by atoms with E-state index in [-0.39, 0.29) is 23.0 Å². The lowest BCUT2D eigenvalue weighted by atomic mass is 9.94. The number of carbonyl (C=O) groups is 3. The molecule has 0 unspecified atom stereocenters. The molecule has 0 saturated heterocycles. The van der Waals surface area contributed by atoms with E-state index in [0.29, 0.717) is 0 Å². The summed E-state index contributed by atoms with van der Waals surface area (Å²) < 4.78 is 18.7. The Bertz CT molecular complexity index is 992. The van der Waals surface area contributed by atoms with Gasteiger partial charge in [0.1, 0.15) is 5.82 Å². The monoisotopic (exact) mass is 416 g/mol. The standard InChI is InChI=1S/C21H18ClFN2O4/c1-13(26)25-9-8-14-4-2-3-5-16(14)19(25)11-21(28)29-12-20(27)24-18-10-15(22)6-7-17(18)23/h2-10,19H,11-12H2,1H3,(H,24,27)/t19-/m0/s1. The number of hydrogen-bond acceptors (Lipinski definition) is 4. The molecule has 1 aliphatic rings. The van der Waals surface area contributed by atoms with Crippen molar-refractivity contribution in [3.63, 3.8) is 0 Å². The van der Waals surface area contributed by atoms with Crippen LogP contribution in [-0.2, 0) is 19.1 Å². The number of carbonyl (C=O) groups excluding carboxylic acids is 3. The molecular formula is C21H18ClFN2O4. The first-order valence-electron chi connectivity index (χ1n) is 8.81. The lowest BCUT2D eigenvalue weighted by Gasteiger charge is -2.32. The van der Waals surface area contributed by atoms with Gasteiger partial charge in [-0.15, -0.1) is 0 Å². The fourth-order valence-corrected chi connectivity index (χ4v) is 3.23. The van der Waals surface area contributed by atoms with Crippen LogP contribution in [0, 0.1) is 5.82 Å². The van der Waals surface area contributed by atoms with Crippen LogP contribution in [-0.4, -0.2) is 29.3 Å². The number of anilines is 1. The Balaban J connectivity index is 1.62. The summed E-state index contributed by atoms with van der Waals surface area (Å²) in [6.45, 7) is 0.818. The molecule has 2 aromatic rings. The Morgan fingerprint density at radius 3 is 2.72 bits per heavy atom. The second kappa shape index (κ2) is 8.87. The maximum Gasteiger partial charge on any atom is 0.308 e. The first-order chi connectivity index (χ1) is 13.8. The van der Waals surface area contributed by atoms with Crippen LogP contribution in [0.25, 0.3) is 6.08 Å². The molecule has 0 fully saturated rings. The van der Waals surface area contributed by atoms with Crippen molar-refractivity contribution in [3.05, 3.63) is 70.6 Å². The van der Waals surface area contributed by atoms with Crippen molar-refractivity contribution in [1.29, 1.82) is 0 Å². The molecule has 0 radical (unpaired) electrons. The van der Waals surface area contributed by atoms with Gasteiger partial charge in [-0.2, -0.15) is 0 Å². The summed E-state index contributed by atoms with van der Waals surface area (Å²) in [5.74, 6) is -2.24. The van der Waals surface area contributed by atoms with Gasteiger partial charge in [0.2, 0.25) is 5.91 Å². The van der Waals surface area contributed by atoms with Gasteiger partial charge in [0.25, 0.3) is 5.91 Å². The second-order valence-electron chi connectivity index (χ2n) is 6.42. The number of amides is 2. The van der Waals surface area contributed by atoms with E-state index in [9.17, 15) is 18.8 Å². The van der Waals surface area contributed by atoms with E-state index >= 15 is 0 Å². The highest BCUT2D eigenvalue weighted by Gasteiger charge is 2.29. The van der Waals surface area contributed by atoms with Crippen molar-refractivity contribution in [3.8, 4) is 0 Å². The molecule has 1 N–H and O–H groups in total. The predicted molar refractivity (Wildman–Crippen MR) is 106 cm³/mol. The van der Waals surface area contributed by atoms with Crippen LogP contribution in [0.3, 0.4) is 0 Å². The number of nitrogens with one attached hydrogen (secondary N) is 1. The minimum atomic E-state index is -0.702. The Morgan fingerprint density at radius 2 is 1.97 bits per heavy atom. The van der Waals surface area contributed by atoms with Gasteiger partial charge in [0.05, 0.1) is 18.2 Å². The van der Waals surface area contributed by atoms with Crippen LogP contribution >= 0.6 is 11.6 Å². The Hall–Kier alpha value is -3.19. The number of rotatable bonds is 5. The van der Waals surface area contributed by atoms with Gasteiger partial charge in [-0.1, -0.05) is 35.9 Å². The number of benzene rings is 2. The molecule has 0 bridgehead atoms. The molecule has 6 nitrogen and oxygen atoms in total. The van der Waals surface area contributed by atoms with E-state index in [1.807, 2.05) is 24.3 Å². The molecule has 3 rings (SSSR count). The highest BCUT2D eigenvalue weighted by molar-refractivity contribution is 6.30. The van der Waals surface area contributed by atoms with Crippen LogP contribution < -0.4 is 5.32 Å². The van der Waals surface area contributed by atoms with Crippen molar-refractivity contribution >= 4 is 41.1 Å². The summed E-state index contributed by atoms with van der Waals surface area (Å²) in [5.41, 5.74) is 1.61. The second-order valence-corrected chi connectivity index (χ2v) is 6.86. The zero-order valence-corrected chi connectivity index (χ0v) is 16.3. The van der Waals surface area contributed by atoms with Crippen LogP contribution in [0.15, 0.2) is 48.7 Å². The number of fused-ring (bicyclic) bond motifs is 1. The van der Waals surface area contributed by atoms with Gasteiger partial charge in [0.15, 0.2) is 6.61 Å². The molecule has 2 amide bonds. The molecule has 0 aromatic heterocycles. The van der Waals surface area contributed by atoms with Crippen molar-refractivity contribution in [2.75, 3.05) is 11.9 Å². The van der Waals surface area contributed by atoms with Crippen molar-refractivity contribution in [2.24, 2.45) is 0 Å². The van der Waals surface area contributed by atoms with Gasteiger partial charge >= 0.3 is 5.97 Å². The largest absolute Gasteiger partial charge is 0.455 e. The lowest BCUT2D eigenvalue weighted by Crippen LogP contribution is -2.33. The van der Waals surface area contributed by atoms with Crippen LogP contribution in [0.4, 0.5) is 10.1 Å². The fourth-order valence-electron chi connectivity index (χ4n) is 3.06.